The highest BCUT2D eigenvalue weighted by atomic mass is 16.6. The van der Waals surface area contributed by atoms with Crippen LogP contribution in [0.3, 0.4) is 0 Å². The second kappa shape index (κ2) is 6.21. The van der Waals surface area contributed by atoms with Gasteiger partial charge >= 0.3 is 5.97 Å². The minimum absolute atomic E-state index is 0.000746. The molecule has 0 fully saturated rings. The van der Waals surface area contributed by atoms with Crippen molar-refractivity contribution in [3.8, 4) is 0 Å². The first-order chi connectivity index (χ1) is 9.66. The lowest BCUT2D eigenvalue weighted by Crippen LogP contribution is -2.32. The molecule has 0 unspecified atom stereocenters. The van der Waals surface area contributed by atoms with E-state index in [9.17, 15) is 19.7 Å². The number of hydrogen-bond acceptors (Lipinski definition) is 5. The number of aliphatic carboxylic acids is 1. The number of nitrogen functional groups attached to an aromatic ring is 1. The van der Waals surface area contributed by atoms with Gasteiger partial charge in [-0.15, -0.1) is 0 Å². The lowest BCUT2D eigenvalue weighted by atomic mass is 9.89. The summed E-state index contributed by atoms with van der Waals surface area (Å²) in [5.74, 6) is -1.68. The van der Waals surface area contributed by atoms with Crippen LogP contribution in [0.15, 0.2) is 18.2 Å². The van der Waals surface area contributed by atoms with Crippen molar-refractivity contribution >= 4 is 23.3 Å². The molecule has 0 spiro atoms. The lowest BCUT2D eigenvalue weighted by Gasteiger charge is -2.19. The van der Waals surface area contributed by atoms with Gasteiger partial charge in [0.2, 0.25) is 0 Å². The Balaban J connectivity index is 2.82. The summed E-state index contributed by atoms with van der Waals surface area (Å²) in [6.07, 6.45) is 0.189. The van der Waals surface area contributed by atoms with Crippen LogP contribution in [0, 0.1) is 15.5 Å². The van der Waals surface area contributed by atoms with E-state index in [0.717, 1.165) is 0 Å². The summed E-state index contributed by atoms with van der Waals surface area (Å²) in [5, 5.41) is 22.3. The van der Waals surface area contributed by atoms with Crippen molar-refractivity contribution in [2.75, 3.05) is 12.3 Å². The molecule has 0 bridgehead atoms. The molecule has 0 aliphatic rings. The number of nitrogens with one attached hydrogen (secondary N) is 1. The van der Waals surface area contributed by atoms with Crippen molar-refractivity contribution in [3.05, 3.63) is 33.9 Å². The van der Waals surface area contributed by atoms with Crippen molar-refractivity contribution in [2.45, 2.75) is 20.3 Å². The summed E-state index contributed by atoms with van der Waals surface area (Å²) >= 11 is 0. The number of carboxylic acids is 1. The van der Waals surface area contributed by atoms with Crippen molar-refractivity contribution in [1.82, 2.24) is 5.32 Å². The molecule has 1 aromatic carbocycles. The van der Waals surface area contributed by atoms with Gasteiger partial charge in [-0.2, -0.15) is 0 Å². The third kappa shape index (κ3) is 3.91. The molecule has 8 heteroatoms. The van der Waals surface area contributed by atoms with Gasteiger partial charge in [-0.1, -0.05) is 6.07 Å². The molecule has 0 saturated carbocycles. The van der Waals surface area contributed by atoms with E-state index >= 15 is 0 Å². The molecule has 0 heterocycles. The zero-order valence-corrected chi connectivity index (χ0v) is 11.8. The van der Waals surface area contributed by atoms with E-state index in [0.29, 0.717) is 0 Å². The molecular weight excluding hydrogens is 278 g/mol. The molecule has 0 radical (unpaired) electrons. The summed E-state index contributed by atoms with van der Waals surface area (Å²) in [4.78, 5) is 33.2. The van der Waals surface area contributed by atoms with Crippen LogP contribution < -0.4 is 11.1 Å². The molecule has 4 N–H and O–H groups in total. The molecule has 1 aromatic rings. The van der Waals surface area contributed by atoms with Crippen molar-refractivity contribution in [3.63, 3.8) is 0 Å². The summed E-state index contributed by atoms with van der Waals surface area (Å²) < 4.78 is 0. The molecule has 0 atom stereocenters. The van der Waals surface area contributed by atoms with Crippen LogP contribution >= 0.6 is 0 Å². The second-order valence-electron chi connectivity index (χ2n) is 5.19. The van der Waals surface area contributed by atoms with Crippen molar-refractivity contribution < 1.29 is 19.6 Å². The average molecular weight is 295 g/mol. The Labute approximate surface area is 121 Å². The molecule has 1 rings (SSSR count). The number of nitrogens with two attached hydrogens (primary N) is 1. The van der Waals surface area contributed by atoms with Crippen LogP contribution in [-0.4, -0.2) is 28.5 Å². The van der Waals surface area contributed by atoms with E-state index in [4.69, 9.17) is 10.8 Å². The standard InChI is InChI=1S/C13H17N3O5/c1-13(2,12(18)19)6-7-15-11(17)10-8(14)4-3-5-9(10)16(20)21/h3-5H,6-7,14H2,1-2H3,(H,15,17)(H,18,19). The van der Waals surface area contributed by atoms with Crippen LogP contribution in [0.2, 0.25) is 0 Å². The van der Waals surface area contributed by atoms with Gasteiger partial charge in [-0.05, 0) is 26.3 Å². The van der Waals surface area contributed by atoms with Gasteiger partial charge in [0.1, 0.15) is 5.56 Å². The highest BCUT2D eigenvalue weighted by Gasteiger charge is 2.28. The number of hydrogen-bond donors (Lipinski definition) is 3. The van der Waals surface area contributed by atoms with E-state index in [1.165, 1.54) is 32.0 Å². The Bertz CT molecular complexity index is 583. The summed E-state index contributed by atoms with van der Waals surface area (Å²) in [7, 11) is 0. The third-order valence-electron chi connectivity index (χ3n) is 3.11. The molecule has 0 saturated heterocycles. The maximum absolute atomic E-state index is 12.0. The second-order valence-corrected chi connectivity index (χ2v) is 5.19. The molecule has 21 heavy (non-hydrogen) atoms. The van der Waals surface area contributed by atoms with E-state index in [1.54, 1.807) is 0 Å². The lowest BCUT2D eigenvalue weighted by molar-refractivity contribution is -0.385. The minimum atomic E-state index is -0.999. The number of benzene rings is 1. The van der Waals surface area contributed by atoms with Crippen molar-refractivity contribution in [1.29, 1.82) is 0 Å². The van der Waals surface area contributed by atoms with Crippen LogP contribution in [0.4, 0.5) is 11.4 Å². The number of rotatable bonds is 6. The van der Waals surface area contributed by atoms with Gasteiger partial charge in [0.25, 0.3) is 11.6 Å². The van der Waals surface area contributed by atoms with E-state index < -0.39 is 22.2 Å². The maximum atomic E-state index is 12.0. The Morgan fingerprint density at radius 3 is 2.57 bits per heavy atom. The first kappa shape index (κ1) is 16.4. The number of nitrogens with zero attached hydrogens (tertiary/aromatic N) is 1. The number of nitro groups is 1. The van der Waals surface area contributed by atoms with Crippen LogP contribution in [-0.2, 0) is 4.79 Å². The SMILES string of the molecule is CC(C)(CCNC(=O)c1c(N)cccc1[N+](=O)[O-])C(=O)O. The quantitative estimate of drug-likeness (QED) is 0.412. The zero-order valence-electron chi connectivity index (χ0n) is 11.8. The number of amides is 1. The Morgan fingerprint density at radius 1 is 1.43 bits per heavy atom. The molecule has 0 aliphatic heterocycles. The Morgan fingerprint density at radius 2 is 2.05 bits per heavy atom. The van der Waals surface area contributed by atoms with Gasteiger partial charge in [0.15, 0.2) is 0 Å². The maximum Gasteiger partial charge on any atom is 0.309 e. The monoisotopic (exact) mass is 295 g/mol. The Kier molecular flexibility index (Phi) is 4.85. The first-order valence-electron chi connectivity index (χ1n) is 6.21. The molecule has 8 nitrogen and oxygen atoms in total. The van der Waals surface area contributed by atoms with Crippen molar-refractivity contribution in [2.24, 2.45) is 5.41 Å². The normalized spacial score (nSPS) is 11.0. The van der Waals surface area contributed by atoms with Gasteiger partial charge < -0.3 is 16.2 Å². The molecule has 0 aromatic heterocycles. The topological polar surface area (TPSA) is 136 Å². The fourth-order valence-electron chi connectivity index (χ4n) is 1.64. The fraction of sp³-hybridized carbons (Fsp3) is 0.385. The smallest absolute Gasteiger partial charge is 0.309 e. The number of nitro benzene ring substituents is 1. The average Bonchev–Trinajstić information content (AvgIpc) is 2.37. The number of carbonyl (C=O) groups is 2. The molecule has 1 amide bonds. The summed E-state index contributed by atoms with van der Waals surface area (Å²) in [6.45, 7) is 3.13. The Hall–Kier alpha value is -2.64. The first-order valence-corrected chi connectivity index (χ1v) is 6.21. The van der Waals surface area contributed by atoms with Gasteiger partial charge in [-0.3, -0.25) is 19.7 Å². The fourth-order valence-corrected chi connectivity index (χ4v) is 1.64. The van der Waals surface area contributed by atoms with E-state index in [2.05, 4.69) is 5.32 Å². The third-order valence-corrected chi connectivity index (χ3v) is 3.11. The molecule has 0 aliphatic carbocycles. The highest BCUT2D eigenvalue weighted by molar-refractivity contribution is 6.03. The van der Waals surface area contributed by atoms with Gasteiger partial charge in [0.05, 0.1) is 16.0 Å². The van der Waals surface area contributed by atoms with Crippen LogP contribution in [0.25, 0.3) is 0 Å². The minimum Gasteiger partial charge on any atom is -0.481 e. The van der Waals surface area contributed by atoms with Gasteiger partial charge in [0, 0.05) is 12.6 Å². The zero-order chi connectivity index (χ0) is 16.2. The van der Waals surface area contributed by atoms with Crippen LogP contribution in [0.1, 0.15) is 30.6 Å². The highest BCUT2D eigenvalue weighted by Crippen LogP contribution is 2.24. The molecular formula is C13H17N3O5. The van der Waals surface area contributed by atoms with Gasteiger partial charge in [-0.25, -0.2) is 0 Å². The van der Waals surface area contributed by atoms with E-state index in [1.807, 2.05) is 0 Å². The largest absolute Gasteiger partial charge is 0.481 e. The predicted octanol–water partition coefficient (Wildman–Crippen LogP) is 1.41. The van der Waals surface area contributed by atoms with E-state index in [-0.39, 0.29) is 29.9 Å². The number of anilines is 1. The van der Waals surface area contributed by atoms with Crippen LogP contribution in [0.5, 0.6) is 0 Å². The number of carboxylic acid groups (broad SMARTS) is 1. The predicted molar refractivity (Wildman–Crippen MR) is 75.9 cm³/mol. The molecule has 114 valence electrons. The summed E-state index contributed by atoms with van der Waals surface area (Å²) in [5.41, 5.74) is 4.01. The number of carbonyl (C=O) groups excluding carboxylic acids is 1. The summed E-state index contributed by atoms with van der Waals surface area (Å²) in [6, 6.07) is 3.97.